The van der Waals surface area contributed by atoms with Gasteiger partial charge in [-0.1, -0.05) is 42.5 Å². The van der Waals surface area contributed by atoms with E-state index in [0.717, 1.165) is 24.5 Å². The first-order chi connectivity index (χ1) is 11.5. The quantitative estimate of drug-likeness (QED) is 0.897. The van der Waals surface area contributed by atoms with Gasteiger partial charge in [0.15, 0.2) is 0 Å². The predicted molar refractivity (Wildman–Crippen MR) is 85.7 cm³/mol. The van der Waals surface area contributed by atoms with Crippen LogP contribution in [-0.2, 0) is 23.8 Å². The van der Waals surface area contributed by atoms with Crippen LogP contribution in [-0.4, -0.2) is 12.5 Å². The molecule has 0 fully saturated rings. The number of benzene rings is 2. The highest BCUT2D eigenvalue weighted by Gasteiger charge is 2.33. The number of carbonyl (C=O) groups is 1. The molecule has 3 rings (SSSR count). The maximum absolute atomic E-state index is 13.0. The predicted octanol–water partition coefficient (Wildman–Crippen LogP) is 4.09. The highest BCUT2D eigenvalue weighted by Crippen LogP contribution is 2.33. The minimum atomic E-state index is -4.37. The highest BCUT2D eigenvalue weighted by atomic mass is 19.4. The van der Waals surface area contributed by atoms with E-state index in [-0.39, 0.29) is 30.4 Å². The van der Waals surface area contributed by atoms with E-state index in [9.17, 15) is 18.0 Å². The van der Waals surface area contributed by atoms with Crippen molar-refractivity contribution in [2.45, 2.75) is 31.4 Å². The number of aryl methyl sites for hydroxylation is 1. The first kappa shape index (κ1) is 16.6. The van der Waals surface area contributed by atoms with Crippen molar-refractivity contribution in [3.63, 3.8) is 0 Å². The molecule has 0 radical (unpaired) electrons. The van der Waals surface area contributed by atoms with Gasteiger partial charge in [0.05, 0.1) is 11.5 Å². The Balaban J connectivity index is 1.61. The van der Waals surface area contributed by atoms with E-state index in [0.29, 0.717) is 0 Å². The number of carbonyl (C=O) groups excluding carboxylic acids is 1. The molecule has 0 saturated heterocycles. The molecular weight excluding hydrogens is 315 g/mol. The van der Waals surface area contributed by atoms with Crippen molar-refractivity contribution in [1.29, 1.82) is 0 Å². The van der Waals surface area contributed by atoms with Gasteiger partial charge in [-0.3, -0.25) is 4.79 Å². The van der Waals surface area contributed by atoms with Crippen LogP contribution in [0.2, 0.25) is 0 Å². The Labute approximate surface area is 138 Å². The second-order valence-corrected chi connectivity index (χ2v) is 5.99. The number of alkyl halides is 3. The molecule has 2 aromatic carbocycles. The molecule has 126 valence electrons. The summed E-state index contributed by atoms with van der Waals surface area (Å²) in [6.07, 6.45) is -2.59. The van der Waals surface area contributed by atoms with Crippen molar-refractivity contribution < 1.29 is 18.0 Å². The van der Waals surface area contributed by atoms with Crippen molar-refractivity contribution in [3.05, 3.63) is 70.8 Å². The van der Waals surface area contributed by atoms with Crippen molar-refractivity contribution >= 4 is 5.91 Å². The van der Waals surface area contributed by atoms with E-state index in [1.807, 2.05) is 24.3 Å². The van der Waals surface area contributed by atoms with E-state index in [1.165, 1.54) is 17.7 Å². The third kappa shape index (κ3) is 3.45. The van der Waals surface area contributed by atoms with Crippen molar-refractivity contribution in [1.82, 2.24) is 5.32 Å². The molecule has 0 bridgehead atoms. The first-order valence-corrected chi connectivity index (χ1v) is 7.97. The Morgan fingerprint density at radius 1 is 1.08 bits per heavy atom. The summed E-state index contributed by atoms with van der Waals surface area (Å²) in [4.78, 5) is 12.3. The number of fused-ring (bicyclic) bond motifs is 1. The van der Waals surface area contributed by atoms with Gasteiger partial charge in [0.1, 0.15) is 0 Å². The molecule has 1 amide bonds. The molecule has 2 nitrogen and oxygen atoms in total. The molecule has 1 N–H and O–H groups in total. The van der Waals surface area contributed by atoms with Crippen LogP contribution < -0.4 is 5.32 Å². The fourth-order valence-corrected chi connectivity index (χ4v) is 3.29. The Bertz CT molecular complexity index is 739. The van der Waals surface area contributed by atoms with Gasteiger partial charge in [-0.15, -0.1) is 0 Å². The Morgan fingerprint density at radius 3 is 2.58 bits per heavy atom. The highest BCUT2D eigenvalue weighted by molar-refractivity contribution is 5.84. The molecule has 0 aliphatic heterocycles. The lowest BCUT2D eigenvalue weighted by molar-refractivity contribution is -0.138. The maximum atomic E-state index is 13.0. The molecule has 0 aromatic heterocycles. The van der Waals surface area contributed by atoms with Crippen LogP contribution in [0.5, 0.6) is 0 Å². The van der Waals surface area contributed by atoms with Gasteiger partial charge in [-0.2, -0.15) is 13.2 Å². The molecule has 1 aliphatic carbocycles. The van der Waals surface area contributed by atoms with Gasteiger partial charge in [-0.25, -0.2) is 0 Å². The lowest BCUT2D eigenvalue weighted by Gasteiger charge is -2.15. The molecular formula is C19H18F3NO. The first-order valence-electron chi connectivity index (χ1n) is 7.97. The van der Waals surface area contributed by atoms with Crippen LogP contribution in [0, 0.1) is 0 Å². The molecule has 0 saturated carbocycles. The number of rotatable bonds is 4. The summed E-state index contributed by atoms with van der Waals surface area (Å²) in [7, 11) is 0. The molecule has 0 spiro atoms. The lowest BCUT2D eigenvalue weighted by Crippen LogP contribution is -2.30. The van der Waals surface area contributed by atoms with Crippen molar-refractivity contribution in [2.24, 2.45) is 0 Å². The fraction of sp³-hybridized carbons (Fsp3) is 0.316. The normalized spacial score (nSPS) is 16.7. The summed E-state index contributed by atoms with van der Waals surface area (Å²) in [5.74, 6) is -0.302. The fourth-order valence-electron chi connectivity index (χ4n) is 3.29. The van der Waals surface area contributed by atoms with E-state index in [4.69, 9.17) is 0 Å². The molecule has 24 heavy (non-hydrogen) atoms. The average Bonchev–Trinajstić information content (AvgIpc) is 2.98. The van der Waals surface area contributed by atoms with Crippen molar-refractivity contribution in [3.8, 4) is 0 Å². The average molecular weight is 333 g/mol. The zero-order chi connectivity index (χ0) is 17.2. The van der Waals surface area contributed by atoms with Gasteiger partial charge in [0, 0.05) is 6.54 Å². The smallest absolute Gasteiger partial charge is 0.355 e. The summed E-state index contributed by atoms with van der Waals surface area (Å²) in [5, 5.41) is 2.79. The van der Waals surface area contributed by atoms with E-state index in [1.54, 1.807) is 6.07 Å². The monoisotopic (exact) mass is 333 g/mol. The maximum Gasteiger partial charge on any atom is 0.416 e. The second kappa shape index (κ2) is 6.67. The van der Waals surface area contributed by atoms with E-state index < -0.39 is 11.7 Å². The van der Waals surface area contributed by atoms with E-state index >= 15 is 0 Å². The van der Waals surface area contributed by atoms with Gasteiger partial charge < -0.3 is 5.32 Å². The third-order valence-corrected chi connectivity index (χ3v) is 4.47. The van der Waals surface area contributed by atoms with Crippen molar-refractivity contribution in [2.75, 3.05) is 6.54 Å². The Kier molecular flexibility index (Phi) is 4.60. The summed E-state index contributed by atoms with van der Waals surface area (Å²) in [6, 6.07) is 13.3. The zero-order valence-corrected chi connectivity index (χ0v) is 13.1. The molecule has 1 unspecified atom stereocenters. The summed E-state index contributed by atoms with van der Waals surface area (Å²) in [5.41, 5.74) is 1.79. The number of halogens is 3. The van der Waals surface area contributed by atoms with Crippen LogP contribution in [0.3, 0.4) is 0 Å². The lowest BCUT2D eigenvalue weighted by atomic mass is 10.00. The van der Waals surface area contributed by atoms with Crippen LogP contribution in [0.1, 0.15) is 34.6 Å². The minimum absolute atomic E-state index is 0.107. The molecule has 5 heteroatoms. The topological polar surface area (TPSA) is 29.1 Å². The number of amides is 1. The summed E-state index contributed by atoms with van der Waals surface area (Å²) in [6.45, 7) is 0.199. The Morgan fingerprint density at radius 2 is 1.79 bits per heavy atom. The molecule has 0 heterocycles. The largest absolute Gasteiger partial charge is 0.416 e. The summed E-state index contributed by atoms with van der Waals surface area (Å²) >= 11 is 0. The SMILES string of the molecule is O=C(NCCc1ccccc1C(F)(F)F)C1CCc2ccccc21. The van der Waals surface area contributed by atoms with Gasteiger partial charge in [-0.05, 0) is 42.0 Å². The number of hydrogen-bond acceptors (Lipinski definition) is 1. The van der Waals surface area contributed by atoms with Crippen LogP contribution in [0.4, 0.5) is 13.2 Å². The van der Waals surface area contributed by atoms with E-state index in [2.05, 4.69) is 5.32 Å². The number of nitrogens with one attached hydrogen (secondary N) is 1. The Hall–Kier alpha value is -2.30. The molecule has 1 aliphatic rings. The second-order valence-electron chi connectivity index (χ2n) is 5.99. The van der Waals surface area contributed by atoms with Crippen LogP contribution in [0.15, 0.2) is 48.5 Å². The zero-order valence-electron chi connectivity index (χ0n) is 13.1. The molecule has 2 aromatic rings. The molecule has 1 atom stereocenters. The summed E-state index contributed by atoms with van der Waals surface area (Å²) < 4.78 is 38.9. The third-order valence-electron chi connectivity index (χ3n) is 4.47. The number of hydrogen-bond donors (Lipinski definition) is 1. The van der Waals surface area contributed by atoms with Crippen LogP contribution >= 0.6 is 0 Å². The minimum Gasteiger partial charge on any atom is -0.355 e. The van der Waals surface area contributed by atoms with Gasteiger partial charge >= 0.3 is 6.18 Å². The van der Waals surface area contributed by atoms with Gasteiger partial charge in [0.2, 0.25) is 5.91 Å². The van der Waals surface area contributed by atoms with Gasteiger partial charge in [0.25, 0.3) is 0 Å². The standard InChI is InChI=1S/C19H18F3NO/c20-19(21,22)17-8-4-2-6-14(17)11-12-23-18(24)16-10-9-13-5-1-3-7-15(13)16/h1-8,16H,9-12H2,(H,23,24). The van der Waals surface area contributed by atoms with Crippen LogP contribution in [0.25, 0.3) is 0 Å².